The standard InChI is InChI=1S/C26H21NO2/c28-27(29)24-19-11-10-18-23(24)26(22-16-8-3-9-17-22)25(20-12-4-1-5-13-20)21-14-6-2-7-15-21/h1-19,25-26H. The lowest BCUT2D eigenvalue weighted by Gasteiger charge is -2.29. The molecular weight excluding hydrogens is 358 g/mol. The summed E-state index contributed by atoms with van der Waals surface area (Å²) < 4.78 is 0. The quantitative estimate of drug-likeness (QED) is 0.281. The minimum absolute atomic E-state index is 0.0547. The molecule has 0 radical (unpaired) electrons. The number of nitro groups is 1. The molecule has 4 aromatic carbocycles. The van der Waals surface area contributed by atoms with Crippen LogP contribution in [-0.2, 0) is 0 Å². The average Bonchev–Trinajstić information content (AvgIpc) is 2.79. The smallest absolute Gasteiger partial charge is 0.258 e. The van der Waals surface area contributed by atoms with Crippen LogP contribution in [-0.4, -0.2) is 4.92 Å². The third-order valence-electron chi connectivity index (χ3n) is 5.28. The normalized spacial score (nSPS) is 11.9. The maximum Gasteiger partial charge on any atom is 0.273 e. The first-order valence-corrected chi connectivity index (χ1v) is 9.64. The second-order valence-electron chi connectivity index (χ2n) is 7.00. The fraction of sp³-hybridized carbons (Fsp3) is 0.0769. The van der Waals surface area contributed by atoms with Crippen molar-refractivity contribution in [2.75, 3.05) is 0 Å². The summed E-state index contributed by atoms with van der Waals surface area (Å²) in [5.41, 5.74) is 4.19. The van der Waals surface area contributed by atoms with E-state index in [1.165, 1.54) is 0 Å². The van der Waals surface area contributed by atoms with E-state index in [2.05, 4.69) is 36.4 Å². The molecule has 0 saturated carbocycles. The first kappa shape index (κ1) is 18.6. The molecule has 0 aliphatic heterocycles. The number of hydrogen-bond acceptors (Lipinski definition) is 2. The second kappa shape index (κ2) is 8.53. The lowest BCUT2D eigenvalue weighted by atomic mass is 9.73. The molecule has 3 heteroatoms. The predicted molar refractivity (Wildman–Crippen MR) is 116 cm³/mol. The molecule has 3 nitrogen and oxygen atoms in total. The minimum Gasteiger partial charge on any atom is -0.258 e. The van der Waals surface area contributed by atoms with Crippen molar-refractivity contribution >= 4 is 5.69 Å². The predicted octanol–water partition coefficient (Wildman–Crippen LogP) is 6.56. The molecular formula is C26H21NO2. The van der Waals surface area contributed by atoms with Gasteiger partial charge in [-0.3, -0.25) is 10.1 Å². The van der Waals surface area contributed by atoms with Crippen molar-refractivity contribution in [2.45, 2.75) is 11.8 Å². The summed E-state index contributed by atoms with van der Waals surface area (Å²) >= 11 is 0. The van der Waals surface area contributed by atoms with Gasteiger partial charge >= 0.3 is 0 Å². The van der Waals surface area contributed by atoms with Gasteiger partial charge in [-0.2, -0.15) is 0 Å². The summed E-state index contributed by atoms with van der Waals surface area (Å²) in [6.07, 6.45) is 0. The van der Waals surface area contributed by atoms with Crippen molar-refractivity contribution in [3.8, 4) is 0 Å². The highest BCUT2D eigenvalue weighted by Crippen LogP contribution is 2.45. The highest BCUT2D eigenvalue weighted by Gasteiger charge is 2.32. The average molecular weight is 379 g/mol. The molecule has 1 unspecified atom stereocenters. The molecule has 1 atom stereocenters. The zero-order chi connectivity index (χ0) is 20.1. The van der Waals surface area contributed by atoms with Gasteiger partial charge in [-0.1, -0.05) is 109 Å². The van der Waals surface area contributed by atoms with E-state index in [1.54, 1.807) is 12.1 Å². The SMILES string of the molecule is O=[N+]([O-])c1ccccc1C(c1ccccc1)C(c1ccccc1)c1ccccc1. The van der Waals surface area contributed by atoms with Crippen LogP contribution in [0, 0.1) is 10.1 Å². The van der Waals surface area contributed by atoms with Gasteiger partial charge in [-0.05, 0) is 16.7 Å². The highest BCUT2D eigenvalue weighted by atomic mass is 16.6. The van der Waals surface area contributed by atoms with Gasteiger partial charge in [0.1, 0.15) is 0 Å². The Kier molecular flexibility index (Phi) is 5.48. The minimum atomic E-state index is -0.279. The van der Waals surface area contributed by atoms with E-state index in [9.17, 15) is 10.1 Å². The second-order valence-corrected chi connectivity index (χ2v) is 7.00. The zero-order valence-corrected chi connectivity index (χ0v) is 15.9. The Hall–Kier alpha value is -3.72. The summed E-state index contributed by atoms with van der Waals surface area (Å²) in [6, 6.07) is 37.6. The summed E-state index contributed by atoms with van der Waals surface area (Å²) in [5, 5.41) is 11.9. The maximum absolute atomic E-state index is 11.9. The van der Waals surface area contributed by atoms with E-state index < -0.39 is 0 Å². The van der Waals surface area contributed by atoms with E-state index in [1.807, 2.05) is 66.7 Å². The Morgan fingerprint density at radius 1 is 0.517 bits per heavy atom. The van der Waals surface area contributed by atoms with Gasteiger partial charge < -0.3 is 0 Å². The lowest BCUT2D eigenvalue weighted by molar-refractivity contribution is -0.385. The molecule has 0 aliphatic carbocycles. The Balaban J connectivity index is 2.00. The highest BCUT2D eigenvalue weighted by molar-refractivity contribution is 5.52. The van der Waals surface area contributed by atoms with Gasteiger partial charge in [0.05, 0.1) is 4.92 Å². The van der Waals surface area contributed by atoms with E-state index in [-0.39, 0.29) is 22.4 Å². The van der Waals surface area contributed by atoms with Crippen LogP contribution in [0.25, 0.3) is 0 Å². The third-order valence-corrected chi connectivity index (χ3v) is 5.28. The molecule has 4 rings (SSSR count). The number of rotatable bonds is 6. The van der Waals surface area contributed by atoms with E-state index >= 15 is 0 Å². The zero-order valence-electron chi connectivity index (χ0n) is 15.9. The monoisotopic (exact) mass is 379 g/mol. The number of benzene rings is 4. The summed E-state index contributed by atoms with van der Waals surface area (Å²) in [6.45, 7) is 0. The fourth-order valence-corrected chi connectivity index (χ4v) is 4.03. The van der Waals surface area contributed by atoms with E-state index in [0.29, 0.717) is 0 Å². The van der Waals surface area contributed by atoms with Gasteiger partial charge in [-0.15, -0.1) is 0 Å². The van der Waals surface area contributed by atoms with Gasteiger partial charge in [0.25, 0.3) is 5.69 Å². The molecule has 142 valence electrons. The van der Waals surface area contributed by atoms with Crippen LogP contribution in [0.2, 0.25) is 0 Å². The first-order valence-electron chi connectivity index (χ1n) is 9.64. The van der Waals surface area contributed by atoms with Crippen LogP contribution in [0.1, 0.15) is 34.1 Å². The topological polar surface area (TPSA) is 43.1 Å². The van der Waals surface area contributed by atoms with Crippen LogP contribution in [0.15, 0.2) is 115 Å². The fourth-order valence-electron chi connectivity index (χ4n) is 4.03. The van der Waals surface area contributed by atoms with Crippen LogP contribution in [0.4, 0.5) is 5.69 Å². The maximum atomic E-state index is 11.9. The Morgan fingerprint density at radius 3 is 1.34 bits per heavy atom. The molecule has 0 fully saturated rings. The molecule has 0 spiro atoms. The Morgan fingerprint density at radius 2 is 0.897 bits per heavy atom. The van der Waals surface area contributed by atoms with Gasteiger partial charge in [-0.25, -0.2) is 0 Å². The van der Waals surface area contributed by atoms with Crippen LogP contribution >= 0.6 is 0 Å². The van der Waals surface area contributed by atoms with Gasteiger partial charge in [0, 0.05) is 23.5 Å². The number of hydrogen-bond donors (Lipinski definition) is 0. The third kappa shape index (κ3) is 3.94. The molecule has 29 heavy (non-hydrogen) atoms. The molecule has 0 heterocycles. The van der Waals surface area contributed by atoms with Gasteiger partial charge in [0.2, 0.25) is 0 Å². The molecule has 0 saturated heterocycles. The van der Waals surface area contributed by atoms with Crippen molar-refractivity contribution in [3.63, 3.8) is 0 Å². The number of para-hydroxylation sites is 1. The van der Waals surface area contributed by atoms with Crippen molar-refractivity contribution in [3.05, 3.63) is 148 Å². The molecule has 0 N–H and O–H groups in total. The largest absolute Gasteiger partial charge is 0.273 e. The Labute approximate surface area is 170 Å². The number of nitrogens with zero attached hydrogens (tertiary/aromatic N) is 1. The summed E-state index contributed by atoms with van der Waals surface area (Å²) in [5.74, 6) is -0.247. The molecule has 0 aliphatic rings. The van der Waals surface area contributed by atoms with E-state index in [4.69, 9.17) is 0 Å². The molecule has 0 bridgehead atoms. The molecule has 0 amide bonds. The van der Waals surface area contributed by atoms with Crippen molar-refractivity contribution in [2.24, 2.45) is 0 Å². The number of nitro benzene ring substituents is 1. The van der Waals surface area contributed by atoms with Crippen LogP contribution < -0.4 is 0 Å². The summed E-state index contributed by atoms with van der Waals surface area (Å²) in [4.78, 5) is 11.6. The Bertz CT molecular complexity index is 1040. The molecule has 0 aromatic heterocycles. The molecule has 4 aromatic rings. The van der Waals surface area contributed by atoms with Crippen LogP contribution in [0.3, 0.4) is 0 Å². The van der Waals surface area contributed by atoms with Crippen molar-refractivity contribution in [1.29, 1.82) is 0 Å². The lowest BCUT2D eigenvalue weighted by Crippen LogP contribution is -2.16. The van der Waals surface area contributed by atoms with Crippen LogP contribution in [0.5, 0.6) is 0 Å². The van der Waals surface area contributed by atoms with Crippen molar-refractivity contribution in [1.82, 2.24) is 0 Å². The van der Waals surface area contributed by atoms with E-state index in [0.717, 1.165) is 22.3 Å². The van der Waals surface area contributed by atoms with Crippen molar-refractivity contribution < 1.29 is 4.92 Å². The first-order chi connectivity index (χ1) is 14.3. The van der Waals surface area contributed by atoms with Gasteiger partial charge in [0.15, 0.2) is 0 Å². The summed E-state index contributed by atoms with van der Waals surface area (Å²) in [7, 11) is 0.